The van der Waals surface area contributed by atoms with Crippen molar-refractivity contribution < 1.29 is 29.0 Å². The van der Waals surface area contributed by atoms with E-state index in [1.165, 1.54) is 23.6 Å². The first-order valence-electron chi connectivity index (χ1n) is 25.3. The van der Waals surface area contributed by atoms with Crippen LogP contribution in [0.3, 0.4) is 0 Å². The van der Waals surface area contributed by atoms with Crippen molar-refractivity contribution >= 4 is 63.7 Å². The zero-order chi connectivity index (χ0) is 50.7. The number of aliphatic hydroxyl groups is 1. The first-order valence-corrected chi connectivity index (χ1v) is 26.1. The van der Waals surface area contributed by atoms with E-state index in [0.717, 1.165) is 103 Å². The van der Waals surface area contributed by atoms with E-state index in [2.05, 4.69) is 94.9 Å². The Morgan fingerprint density at radius 2 is 1.74 bits per heavy atom. The van der Waals surface area contributed by atoms with Crippen molar-refractivity contribution in [3.05, 3.63) is 83.2 Å². The average molecular weight is 1000 g/mol. The predicted octanol–water partition coefficient (Wildman–Crippen LogP) is 5.25. The van der Waals surface area contributed by atoms with E-state index in [0.29, 0.717) is 37.5 Å². The third kappa shape index (κ3) is 11.4. The van der Waals surface area contributed by atoms with Gasteiger partial charge in [-0.3, -0.25) is 29.2 Å². The number of thioether (sulfide) groups is 1. The number of piperazine rings is 1. The number of carbonyl (C=O) groups is 4. The minimum atomic E-state index is -1.38. The number of hydrogen-bond donors (Lipinski definition) is 5. The first-order chi connectivity index (χ1) is 34.6. The van der Waals surface area contributed by atoms with Gasteiger partial charge in [-0.1, -0.05) is 45.0 Å². The molecule has 3 fully saturated rings. The molecule has 4 aliphatic rings. The van der Waals surface area contributed by atoms with Crippen LogP contribution in [0, 0.1) is 13.8 Å². The molecule has 382 valence electrons. The number of carbonyl (C=O) groups excluding carboxylic acids is 4. The van der Waals surface area contributed by atoms with Gasteiger partial charge in [0.1, 0.15) is 47.6 Å². The molecule has 5 N–H and O–H groups in total. The molecular weight excluding hydrogens is 935 g/mol. The summed E-state index contributed by atoms with van der Waals surface area (Å²) in [5.74, 6) is 1.05. The van der Waals surface area contributed by atoms with Crippen molar-refractivity contribution in [1.29, 1.82) is 0 Å². The Kier molecular flexibility index (Phi) is 15.3. The molecule has 0 saturated carbocycles. The number of ether oxygens (including phenoxy) is 1. The molecule has 72 heavy (non-hydrogen) atoms. The largest absolute Gasteiger partial charge is 0.492 e. The summed E-state index contributed by atoms with van der Waals surface area (Å²) < 4.78 is 6.42. The summed E-state index contributed by atoms with van der Waals surface area (Å²) in [4.78, 5) is 82.5. The standard InChI is InChI=1S/C52H67N13O6S/c1-31-32(2)60-61-46(31)59-47-37-25-44(72-52(4,5)6)43(26-39(37)55-30-56-47)71-24-10-18-62-20-22-63(23-21-62)45-28-53-40(27-54-45)50(69)64-19-17-35-15-16-42(65(35)51(70)41(29-64)58-48(67)33(3)66)49(68)57-38-14-9-12-34-11-7-8-13-36(34)38/h7-8,11,13,25-28,30,33,35,38,41-42,66H,9-10,12,14-24,29H2,1-6H3,(H,57,68)(H,58,67)(H2,55,56,59,60,61)/t33?,35?,38-,41?,42?/m1/s1. The second-order valence-electron chi connectivity index (χ2n) is 20.4. The number of H-pyrrole nitrogens is 1. The van der Waals surface area contributed by atoms with Gasteiger partial charge in [-0.25, -0.2) is 19.9 Å². The maximum Gasteiger partial charge on any atom is 0.274 e. The van der Waals surface area contributed by atoms with Gasteiger partial charge in [0.2, 0.25) is 17.7 Å². The van der Waals surface area contributed by atoms with Crippen LogP contribution in [0.4, 0.5) is 17.5 Å². The molecule has 3 aliphatic heterocycles. The minimum Gasteiger partial charge on any atom is -0.492 e. The number of hydrogen-bond acceptors (Lipinski definition) is 15. The van der Waals surface area contributed by atoms with E-state index in [1.807, 2.05) is 32.0 Å². The monoisotopic (exact) mass is 1000 g/mol. The molecule has 4 amide bonds. The van der Waals surface area contributed by atoms with E-state index < -0.39 is 35.9 Å². The maximum atomic E-state index is 14.4. The molecule has 4 unspecified atom stereocenters. The van der Waals surface area contributed by atoms with Crippen molar-refractivity contribution in [2.45, 2.75) is 126 Å². The normalized spacial score (nSPS) is 21.1. The van der Waals surface area contributed by atoms with Crippen LogP contribution < -0.4 is 25.6 Å². The maximum absolute atomic E-state index is 14.4. The molecule has 3 aromatic heterocycles. The molecule has 0 radical (unpaired) electrons. The lowest BCUT2D eigenvalue weighted by Crippen LogP contribution is -2.62. The molecule has 5 atom stereocenters. The Labute approximate surface area is 424 Å². The topological polar surface area (TPSA) is 227 Å². The number of rotatable bonds is 14. The van der Waals surface area contributed by atoms with Gasteiger partial charge in [0, 0.05) is 72.8 Å². The van der Waals surface area contributed by atoms with Crippen LogP contribution in [0.2, 0.25) is 0 Å². The Balaban J connectivity index is 0.785. The van der Waals surface area contributed by atoms with E-state index in [4.69, 9.17) is 4.74 Å². The Hall–Kier alpha value is -6.38. The molecular formula is C52H67N13O6S. The molecule has 20 heteroatoms. The van der Waals surface area contributed by atoms with Crippen LogP contribution in [-0.2, 0) is 20.8 Å². The number of anilines is 3. The molecule has 19 nitrogen and oxygen atoms in total. The molecule has 2 aromatic carbocycles. The van der Waals surface area contributed by atoms with E-state index >= 15 is 0 Å². The summed E-state index contributed by atoms with van der Waals surface area (Å²) in [6.07, 6.45) is 8.31. The van der Waals surface area contributed by atoms with Crippen molar-refractivity contribution in [3.63, 3.8) is 0 Å². The van der Waals surface area contributed by atoms with Crippen molar-refractivity contribution in [1.82, 2.24) is 55.5 Å². The zero-order valence-corrected chi connectivity index (χ0v) is 42.9. The van der Waals surface area contributed by atoms with E-state index in [9.17, 15) is 24.3 Å². The van der Waals surface area contributed by atoms with E-state index in [1.54, 1.807) is 29.2 Å². The zero-order valence-electron chi connectivity index (χ0n) is 42.1. The summed E-state index contributed by atoms with van der Waals surface area (Å²) in [5.41, 5.74) is 5.26. The summed E-state index contributed by atoms with van der Waals surface area (Å²) in [5, 5.41) is 27.8. The van der Waals surface area contributed by atoms with Crippen LogP contribution in [-0.4, -0.2) is 155 Å². The van der Waals surface area contributed by atoms with Crippen LogP contribution in [0.5, 0.6) is 5.75 Å². The highest BCUT2D eigenvalue weighted by molar-refractivity contribution is 8.00. The summed E-state index contributed by atoms with van der Waals surface area (Å²) >= 11 is 1.74. The van der Waals surface area contributed by atoms with Crippen molar-refractivity contribution in [2.24, 2.45) is 0 Å². The summed E-state index contributed by atoms with van der Waals surface area (Å²) in [6, 6.07) is 9.87. The number of fused-ring (bicyclic) bond motifs is 3. The van der Waals surface area contributed by atoms with Crippen LogP contribution in [0.25, 0.3) is 10.9 Å². The number of amides is 4. The van der Waals surface area contributed by atoms with Gasteiger partial charge in [-0.05, 0) is 82.9 Å². The smallest absolute Gasteiger partial charge is 0.274 e. The summed E-state index contributed by atoms with van der Waals surface area (Å²) in [6.45, 7) is 16.5. The Morgan fingerprint density at radius 3 is 2.47 bits per heavy atom. The molecule has 0 bridgehead atoms. The second-order valence-corrected chi connectivity index (χ2v) is 22.3. The number of nitrogens with one attached hydrogen (secondary N) is 4. The molecule has 9 rings (SSSR count). The third-order valence-corrected chi connectivity index (χ3v) is 15.4. The van der Waals surface area contributed by atoms with Crippen LogP contribution in [0.1, 0.15) is 105 Å². The second kappa shape index (κ2) is 21.8. The van der Waals surface area contributed by atoms with Gasteiger partial charge in [-0.2, -0.15) is 5.10 Å². The van der Waals surface area contributed by atoms with Crippen LogP contribution in [0.15, 0.2) is 60.0 Å². The SMILES string of the molecule is Cc1[nH]nc(Nc2ncnc3cc(OCCCN4CCN(c5cnc(C(=O)N6CCC7CCC(C(=O)N[C@@H]8CCCc9ccccc98)N7C(=O)C(NC(=O)C(C)O)C6)cn5)CC4)c(SC(C)(C)C)cc23)c1C. The molecule has 1 aliphatic carbocycles. The minimum absolute atomic E-state index is 0.0585. The van der Waals surface area contributed by atoms with E-state index in [-0.39, 0.29) is 41.5 Å². The molecule has 5 aromatic rings. The van der Waals surface area contributed by atoms with Gasteiger partial charge in [-0.15, -0.1) is 11.8 Å². The average Bonchev–Trinajstić information content (AvgIpc) is 3.93. The number of nitrogens with zero attached hydrogens (tertiary/aromatic N) is 9. The van der Waals surface area contributed by atoms with Crippen LogP contribution >= 0.6 is 11.8 Å². The molecule has 3 saturated heterocycles. The van der Waals surface area contributed by atoms with Gasteiger partial charge in [0.15, 0.2) is 5.82 Å². The highest BCUT2D eigenvalue weighted by Gasteiger charge is 2.46. The lowest BCUT2D eigenvalue weighted by atomic mass is 9.87. The molecule has 0 spiro atoms. The van der Waals surface area contributed by atoms with Gasteiger partial charge in [0.25, 0.3) is 5.91 Å². The van der Waals surface area contributed by atoms with Crippen molar-refractivity contribution in [3.8, 4) is 5.75 Å². The fraction of sp³-hybridized carbons (Fsp3) is 0.519. The fourth-order valence-electron chi connectivity index (χ4n) is 10.2. The Bertz CT molecular complexity index is 2770. The highest BCUT2D eigenvalue weighted by Crippen LogP contribution is 2.42. The summed E-state index contributed by atoms with van der Waals surface area (Å²) in [7, 11) is 0. The number of aromatic amines is 1. The van der Waals surface area contributed by atoms with Crippen molar-refractivity contribution in [2.75, 3.05) is 62.6 Å². The van der Waals surface area contributed by atoms with Gasteiger partial charge in [0.05, 0.1) is 42.0 Å². The lowest BCUT2D eigenvalue weighted by molar-refractivity contribution is -0.145. The third-order valence-electron chi connectivity index (χ3n) is 14.2. The lowest BCUT2D eigenvalue weighted by Gasteiger charge is -2.39. The number of aryl methyl sites for hydroxylation is 2. The van der Waals surface area contributed by atoms with Gasteiger partial charge < -0.3 is 40.5 Å². The quantitative estimate of drug-likeness (QED) is 0.0708. The number of benzene rings is 2. The first kappa shape index (κ1) is 50.6. The predicted molar refractivity (Wildman–Crippen MR) is 275 cm³/mol. The number of aliphatic hydroxyl groups excluding tert-OH is 1. The van der Waals surface area contributed by atoms with Gasteiger partial charge >= 0.3 is 0 Å². The number of aromatic nitrogens is 6. The fourth-order valence-corrected chi connectivity index (χ4v) is 11.3. The Morgan fingerprint density at radius 1 is 0.931 bits per heavy atom. The molecule has 6 heterocycles. The highest BCUT2D eigenvalue weighted by atomic mass is 32.2.